The highest BCUT2D eigenvalue weighted by Gasteiger charge is 2.11. The summed E-state index contributed by atoms with van der Waals surface area (Å²) in [5.74, 6) is 0.000313. The molecule has 1 amide bonds. The molecular weight excluding hydrogens is 338 g/mol. The Hall–Kier alpha value is -2.82. The van der Waals surface area contributed by atoms with Gasteiger partial charge in [-0.2, -0.15) is 0 Å². The minimum Gasteiger partial charge on any atom is -0.385 e. The predicted octanol–water partition coefficient (Wildman–Crippen LogP) is 4.32. The number of amides is 1. The number of ketones is 1. The third kappa shape index (κ3) is 5.58. The minimum absolute atomic E-state index is 0.0315. The fourth-order valence-corrected chi connectivity index (χ4v) is 3.30. The van der Waals surface area contributed by atoms with E-state index in [0.717, 1.165) is 24.5 Å². The lowest BCUT2D eigenvalue weighted by Crippen LogP contribution is -2.29. The van der Waals surface area contributed by atoms with E-state index in [1.807, 2.05) is 24.3 Å². The third-order valence-corrected chi connectivity index (χ3v) is 4.82. The molecule has 3 rings (SSSR count). The molecule has 2 aromatic carbocycles. The van der Waals surface area contributed by atoms with Gasteiger partial charge in [0.05, 0.1) is 0 Å². The van der Waals surface area contributed by atoms with Crippen molar-refractivity contribution in [1.29, 1.82) is 0 Å². The maximum absolute atomic E-state index is 12.1. The molecule has 0 aliphatic carbocycles. The van der Waals surface area contributed by atoms with E-state index < -0.39 is 0 Å². The number of hydrogen-bond donors (Lipinski definition) is 2. The van der Waals surface area contributed by atoms with Gasteiger partial charge in [0.1, 0.15) is 0 Å². The van der Waals surface area contributed by atoms with Gasteiger partial charge in [-0.25, -0.2) is 0 Å². The van der Waals surface area contributed by atoms with Crippen molar-refractivity contribution < 1.29 is 9.59 Å². The molecule has 0 saturated carbocycles. The Morgan fingerprint density at radius 1 is 0.963 bits per heavy atom. The van der Waals surface area contributed by atoms with Crippen LogP contribution in [-0.2, 0) is 4.79 Å². The number of piperidine rings is 1. The van der Waals surface area contributed by atoms with Crippen LogP contribution in [0.1, 0.15) is 43.0 Å². The number of carbonyl (C=O) groups is 2. The van der Waals surface area contributed by atoms with Crippen molar-refractivity contribution in [2.75, 3.05) is 35.2 Å². The maximum Gasteiger partial charge on any atom is 0.226 e. The van der Waals surface area contributed by atoms with Gasteiger partial charge in [0, 0.05) is 48.7 Å². The molecule has 5 nitrogen and oxygen atoms in total. The zero-order valence-electron chi connectivity index (χ0n) is 15.8. The number of carbonyl (C=O) groups excluding carboxylic acids is 2. The number of nitrogens with zero attached hydrogens (tertiary/aromatic N) is 1. The molecule has 27 heavy (non-hydrogen) atoms. The van der Waals surface area contributed by atoms with Crippen LogP contribution in [0.3, 0.4) is 0 Å². The highest BCUT2D eigenvalue weighted by Crippen LogP contribution is 2.21. The first-order valence-electron chi connectivity index (χ1n) is 9.61. The van der Waals surface area contributed by atoms with E-state index >= 15 is 0 Å². The minimum atomic E-state index is -0.0315. The standard InChI is InChI=1S/C22H27N3O2/c1-17(26)18-6-5-7-20(16-18)23-13-12-22(27)24-19-8-10-21(11-9-19)25-14-3-2-4-15-25/h5-11,16,23H,2-4,12-15H2,1H3,(H,24,27). The van der Waals surface area contributed by atoms with Crippen molar-refractivity contribution in [2.24, 2.45) is 0 Å². The van der Waals surface area contributed by atoms with Crippen molar-refractivity contribution in [3.8, 4) is 0 Å². The van der Waals surface area contributed by atoms with Crippen molar-refractivity contribution in [3.63, 3.8) is 0 Å². The average molecular weight is 365 g/mol. The van der Waals surface area contributed by atoms with Crippen LogP contribution < -0.4 is 15.5 Å². The van der Waals surface area contributed by atoms with Gasteiger partial charge >= 0.3 is 0 Å². The maximum atomic E-state index is 12.1. The second-order valence-electron chi connectivity index (χ2n) is 6.96. The van der Waals surface area contributed by atoms with E-state index in [1.165, 1.54) is 24.9 Å². The summed E-state index contributed by atoms with van der Waals surface area (Å²) < 4.78 is 0. The summed E-state index contributed by atoms with van der Waals surface area (Å²) in [5, 5.41) is 6.13. The van der Waals surface area contributed by atoms with Crippen LogP contribution in [0.15, 0.2) is 48.5 Å². The van der Waals surface area contributed by atoms with E-state index in [4.69, 9.17) is 0 Å². The van der Waals surface area contributed by atoms with E-state index in [1.54, 1.807) is 19.1 Å². The number of rotatable bonds is 7. The summed E-state index contributed by atoms with van der Waals surface area (Å²) in [7, 11) is 0. The Kier molecular flexibility index (Phi) is 6.47. The van der Waals surface area contributed by atoms with Crippen LogP contribution >= 0.6 is 0 Å². The monoisotopic (exact) mass is 365 g/mol. The van der Waals surface area contributed by atoms with E-state index in [-0.39, 0.29) is 11.7 Å². The van der Waals surface area contributed by atoms with Crippen molar-refractivity contribution in [3.05, 3.63) is 54.1 Å². The second-order valence-corrected chi connectivity index (χ2v) is 6.96. The van der Waals surface area contributed by atoms with Crippen LogP contribution in [-0.4, -0.2) is 31.3 Å². The Labute approximate surface area is 160 Å². The number of Topliss-reactive ketones (excluding diaryl/α,β-unsaturated/α-hetero) is 1. The molecule has 1 aliphatic heterocycles. The fraction of sp³-hybridized carbons (Fsp3) is 0.364. The predicted molar refractivity (Wildman–Crippen MR) is 111 cm³/mol. The number of benzene rings is 2. The Morgan fingerprint density at radius 2 is 1.70 bits per heavy atom. The lowest BCUT2D eigenvalue weighted by molar-refractivity contribution is -0.115. The van der Waals surface area contributed by atoms with Gasteiger partial charge in [0.2, 0.25) is 5.91 Å². The van der Waals surface area contributed by atoms with Crippen LogP contribution in [0.5, 0.6) is 0 Å². The van der Waals surface area contributed by atoms with Gasteiger partial charge in [-0.05, 0) is 62.6 Å². The van der Waals surface area contributed by atoms with Gasteiger partial charge in [-0.15, -0.1) is 0 Å². The number of nitrogens with one attached hydrogen (secondary N) is 2. The molecule has 5 heteroatoms. The highest BCUT2D eigenvalue weighted by atomic mass is 16.1. The SMILES string of the molecule is CC(=O)c1cccc(NCCC(=O)Nc2ccc(N3CCCCC3)cc2)c1. The molecule has 0 radical (unpaired) electrons. The van der Waals surface area contributed by atoms with Gasteiger partial charge in [-0.3, -0.25) is 9.59 Å². The molecule has 0 atom stereocenters. The fourth-order valence-electron chi connectivity index (χ4n) is 3.30. The normalized spacial score (nSPS) is 13.9. The first-order valence-corrected chi connectivity index (χ1v) is 9.61. The zero-order chi connectivity index (χ0) is 19.1. The lowest BCUT2D eigenvalue weighted by atomic mass is 10.1. The Morgan fingerprint density at radius 3 is 2.41 bits per heavy atom. The van der Waals surface area contributed by atoms with E-state index in [0.29, 0.717) is 18.5 Å². The topological polar surface area (TPSA) is 61.4 Å². The summed E-state index contributed by atoms with van der Waals surface area (Å²) in [5.41, 5.74) is 3.55. The molecule has 1 fully saturated rings. The van der Waals surface area contributed by atoms with Gasteiger partial charge < -0.3 is 15.5 Å². The molecule has 1 heterocycles. The van der Waals surface area contributed by atoms with Crippen LogP contribution in [0, 0.1) is 0 Å². The van der Waals surface area contributed by atoms with Crippen LogP contribution in [0.4, 0.5) is 17.1 Å². The van der Waals surface area contributed by atoms with E-state index in [2.05, 4.69) is 27.7 Å². The number of anilines is 3. The molecular formula is C22H27N3O2. The molecule has 0 unspecified atom stereocenters. The van der Waals surface area contributed by atoms with Crippen LogP contribution in [0.25, 0.3) is 0 Å². The first-order chi connectivity index (χ1) is 13.1. The first kappa shape index (κ1) is 19.0. The molecule has 0 aromatic heterocycles. The second kappa shape index (κ2) is 9.21. The smallest absolute Gasteiger partial charge is 0.226 e. The van der Waals surface area contributed by atoms with Crippen molar-refractivity contribution >= 4 is 28.8 Å². The van der Waals surface area contributed by atoms with Crippen LogP contribution in [0.2, 0.25) is 0 Å². The molecule has 0 bridgehead atoms. The van der Waals surface area contributed by atoms with Gasteiger partial charge in [0.15, 0.2) is 5.78 Å². The summed E-state index contributed by atoms with van der Waals surface area (Å²) >= 11 is 0. The molecule has 1 aliphatic rings. The third-order valence-electron chi connectivity index (χ3n) is 4.82. The number of hydrogen-bond acceptors (Lipinski definition) is 4. The molecule has 1 saturated heterocycles. The Bertz CT molecular complexity index is 780. The summed E-state index contributed by atoms with van der Waals surface area (Å²) in [6.07, 6.45) is 4.18. The summed E-state index contributed by atoms with van der Waals surface area (Å²) in [6.45, 7) is 4.28. The largest absolute Gasteiger partial charge is 0.385 e. The Balaban J connectivity index is 1.45. The molecule has 2 N–H and O–H groups in total. The molecule has 2 aromatic rings. The molecule has 0 spiro atoms. The highest BCUT2D eigenvalue weighted by molar-refractivity contribution is 5.95. The average Bonchev–Trinajstić information content (AvgIpc) is 2.69. The zero-order valence-corrected chi connectivity index (χ0v) is 15.8. The lowest BCUT2D eigenvalue weighted by Gasteiger charge is -2.28. The molecule has 142 valence electrons. The van der Waals surface area contributed by atoms with Crippen molar-refractivity contribution in [1.82, 2.24) is 0 Å². The summed E-state index contributed by atoms with van der Waals surface area (Å²) in [4.78, 5) is 26.0. The van der Waals surface area contributed by atoms with E-state index in [9.17, 15) is 9.59 Å². The van der Waals surface area contributed by atoms with Gasteiger partial charge in [-0.1, -0.05) is 12.1 Å². The summed E-state index contributed by atoms with van der Waals surface area (Å²) in [6, 6.07) is 15.4. The van der Waals surface area contributed by atoms with Gasteiger partial charge in [0.25, 0.3) is 0 Å². The van der Waals surface area contributed by atoms with Crippen molar-refractivity contribution in [2.45, 2.75) is 32.6 Å². The quantitative estimate of drug-likeness (QED) is 0.718.